The van der Waals surface area contributed by atoms with Crippen LogP contribution < -0.4 is 0 Å². The Morgan fingerprint density at radius 1 is 0.659 bits per heavy atom. The van der Waals surface area contributed by atoms with Crippen molar-refractivity contribution in [1.82, 2.24) is 0 Å². The normalized spacial score (nSPS) is 12.1. The predicted molar refractivity (Wildman–Crippen MR) is 190 cm³/mol. The first-order valence-electron chi connectivity index (χ1n) is 15.2. The molecule has 0 unspecified atom stereocenters. The van der Waals surface area contributed by atoms with Crippen molar-refractivity contribution in [3.8, 4) is 22.3 Å². The third kappa shape index (κ3) is 7.06. The van der Waals surface area contributed by atoms with Crippen LogP contribution in [0.2, 0.25) is 0 Å². The van der Waals surface area contributed by atoms with Gasteiger partial charge in [-0.3, -0.25) is 0 Å². The summed E-state index contributed by atoms with van der Waals surface area (Å²) < 4.78 is 0. The van der Waals surface area contributed by atoms with Crippen LogP contribution in [0.3, 0.4) is 0 Å². The molecule has 0 bridgehead atoms. The molecule has 44 heavy (non-hydrogen) atoms. The average Bonchev–Trinajstić information content (AvgIpc) is 3.55. The van der Waals surface area contributed by atoms with E-state index in [0.717, 1.165) is 6.42 Å². The summed E-state index contributed by atoms with van der Waals surface area (Å²) in [6.07, 6.45) is 1.03. The zero-order chi connectivity index (χ0) is 31.6. The molecule has 3 heteroatoms. The van der Waals surface area contributed by atoms with E-state index in [9.17, 15) is 0 Å². The molecular formula is C41H40Cl2Ti-2. The van der Waals surface area contributed by atoms with E-state index < -0.39 is 17.0 Å². The molecule has 0 atom stereocenters. The second-order valence-electron chi connectivity index (χ2n) is 13.8. The number of hydrogen-bond donors (Lipinski definition) is 0. The predicted octanol–water partition coefficient (Wildman–Crippen LogP) is 12.7. The first kappa shape index (κ1) is 32.7. The second-order valence-corrected chi connectivity index (χ2v) is 16.3. The fourth-order valence-corrected chi connectivity index (χ4v) is 6.09. The van der Waals surface area contributed by atoms with Gasteiger partial charge in [-0.1, -0.05) is 144 Å². The van der Waals surface area contributed by atoms with Crippen LogP contribution in [0, 0.1) is 13.0 Å². The number of hydrogen-bond acceptors (Lipinski definition) is 0. The van der Waals surface area contributed by atoms with Crippen LogP contribution >= 0.6 is 18.6 Å². The quantitative estimate of drug-likeness (QED) is 0.122. The van der Waals surface area contributed by atoms with E-state index in [-0.39, 0.29) is 10.8 Å². The third-order valence-electron chi connectivity index (χ3n) is 8.44. The fraction of sp³-hybridized carbons (Fsp3) is 0.244. The van der Waals surface area contributed by atoms with E-state index in [1.165, 1.54) is 71.6 Å². The van der Waals surface area contributed by atoms with Crippen LogP contribution in [0.15, 0.2) is 103 Å². The first-order valence-corrected chi connectivity index (χ1v) is 19.5. The Labute approximate surface area is 280 Å². The summed E-state index contributed by atoms with van der Waals surface area (Å²) in [6, 6.07) is 41.4. The van der Waals surface area contributed by atoms with Crippen molar-refractivity contribution in [2.45, 2.75) is 65.7 Å². The molecule has 0 aromatic heterocycles. The van der Waals surface area contributed by atoms with Crippen molar-refractivity contribution in [3.05, 3.63) is 137 Å². The maximum atomic E-state index is 4.89. The van der Waals surface area contributed by atoms with E-state index in [0.29, 0.717) is 0 Å². The molecule has 0 aliphatic heterocycles. The second kappa shape index (κ2) is 13.3. The van der Waals surface area contributed by atoms with Crippen LogP contribution in [0.1, 0.15) is 69.4 Å². The van der Waals surface area contributed by atoms with Gasteiger partial charge < -0.3 is 0 Å². The summed E-state index contributed by atoms with van der Waals surface area (Å²) in [5.41, 5.74) is 12.7. The molecule has 1 aliphatic carbocycles. The molecule has 0 spiro atoms. The van der Waals surface area contributed by atoms with Gasteiger partial charge in [0.1, 0.15) is 0 Å². The standard InChI is InChI=1S/C21H25.C20H15.2ClH.Ti/c1-20(2,3)16-9-10-18-15(12-16)11-14-7-8-17(13-19(14)18)21(4,5)6;1-14-12-16-8-5-11-19(20(16)13-14)18-10-4-7-15-6-2-3-9-17(15)18;;;/h7-10,13H,11H2,1-6H3;2-13H,1H3;2*1H;/q2*-1;;;+2/p-2. The molecular weight excluding hydrogens is 611 g/mol. The van der Waals surface area contributed by atoms with E-state index in [1.807, 2.05) is 0 Å². The van der Waals surface area contributed by atoms with Crippen LogP contribution in [0.4, 0.5) is 0 Å². The summed E-state index contributed by atoms with van der Waals surface area (Å²) in [5.74, 6) is 0. The SMILES string of the molecule is CC(C)(C)c1[c-]c2c(cc1)-c1cc(C(C)(C)C)ccc1C2.Cc1cc2cccc(-c3cccc4ccccc34)c2[cH-]1.[Cl][Ti][Cl]. The van der Waals surface area contributed by atoms with Gasteiger partial charge in [0.25, 0.3) is 0 Å². The van der Waals surface area contributed by atoms with Crippen molar-refractivity contribution in [2.24, 2.45) is 0 Å². The van der Waals surface area contributed by atoms with Gasteiger partial charge in [-0.25, -0.2) is 0 Å². The first-order chi connectivity index (χ1) is 20.9. The Kier molecular flexibility index (Phi) is 9.89. The van der Waals surface area contributed by atoms with Gasteiger partial charge in [-0.15, -0.1) is 39.6 Å². The Bertz CT molecular complexity index is 1910. The molecule has 0 radical (unpaired) electrons. The number of rotatable bonds is 1. The van der Waals surface area contributed by atoms with Gasteiger partial charge in [0.05, 0.1) is 0 Å². The topological polar surface area (TPSA) is 0 Å². The summed E-state index contributed by atoms with van der Waals surface area (Å²) >= 11 is -0.556. The zero-order valence-electron chi connectivity index (χ0n) is 26.8. The molecule has 0 N–H and O–H groups in total. The molecule has 7 rings (SSSR count). The fourth-order valence-electron chi connectivity index (χ4n) is 6.09. The van der Waals surface area contributed by atoms with E-state index in [4.69, 9.17) is 18.6 Å². The van der Waals surface area contributed by atoms with Crippen molar-refractivity contribution < 1.29 is 17.0 Å². The number of fused-ring (bicyclic) bond motifs is 5. The summed E-state index contributed by atoms with van der Waals surface area (Å²) in [7, 11) is 9.78. The Hall–Kier alpha value is -2.74. The minimum atomic E-state index is -0.556. The van der Waals surface area contributed by atoms with Gasteiger partial charge in [-0.2, -0.15) is 29.8 Å². The molecule has 6 aromatic carbocycles. The summed E-state index contributed by atoms with van der Waals surface area (Å²) in [5, 5.41) is 5.29. The molecule has 0 amide bonds. The van der Waals surface area contributed by atoms with Crippen LogP contribution in [0.5, 0.6) is 0 Å². The van der Waals surface area contributed by atoms with Crippen molar-refractivity contribution in [1.29, 1.82) is 0 Å². The molecule has 6 aromatic rings. The summed E-state index contributed by atoms with van der Waals surface area (Å²) in [4.78, 5) is 0. The number of aryl methyl sites for hydroxylation is 1. The van der Waals surface area contributed by atoms with Crippen LogP contribution in [-0.4, -0.2) is 0 Å². The van der Waals surface area contributed by atoms with Crippen molar-refractivity contribution in [2.75, 3.05) is 0 Å². The Morgan fingerprint density at radius 3 is 2.02 bits per heavy atom. The van der Waals surface area contributed by atoms with Gasteiger partial charge in [0, 0.05) is 0 Å². The van der Waals surface area contributed by atoms with Gasteiger partial charge in [-0.05, 0) is 33.6 Å². The zero-order valence-corrected chi connectivity index (χ0v) is 29.9. The Balaban J connectivity index is 0.000000161. The van der Waals surface area contributed by atoms with Crippen molar-refractivity contribution >= 4 is 40.2 Å². The summed E-state index contributed by atoms with van der Waals surface area (Å²) in [6.45, 7) is 15.8. The number of benzene rings is 5. The van der Waals surface area contributed by atoms with Crippen LogP contribution in [-0.2, 0) is 34.3 Å². The van der Waals surface area contributed by atoms with Crippen molar-refractivity contribution in [3.63, 3.8) is 0 Å². The molecule has 0 nitrogen and oxygen atoms in total. The number of halogens is 2. The molecule has 1 aliphatic rings. The van der Waals surface area contributed by atoms with E-state index in [1.54, 1.807) is 0 Å². The average molecular weight is 652 g/mol. The molecule has 0 fully saturated rings. The molecule has 224 valence electrons. The minimum absolute atomic E-state index is 0.167. The molecule has 0 saturated carbocycles. The Morgan fingerprint density at radius 2 is 1.32 bits per heavy atom. The van der Waals surface area contributed by atoms with Gasteiger partial charge >= 0.3 is 35.6 Å². The monoisotopic (exact) mass is 650 g/mol. The van der Waals surface area contributed by atoms with E-state index in [2.05, 4.69) is 158 Å². The maximum absolute atomic E-state index is 4.89. The molecule has 0 saturated heterocycles. The molecule has 0 heterocycles. The van der Waals surface area contributed by atoms with E-state index >= 15 is 0 Å². The van der Waals surface area contributed by atoms with Crippen LogP contribution in [0.25, 0.3) is 43.8 Å². The third-order valence-corrected chi connectivity index (χ3v) is 8.44. The van der Waals surface area contributed by atoms with Gasteiger partial charge in [0.15, 0.2) is 0 Å². The van der Waals surface area contributed by atoms with Gasteiger partial charge in [0.2, 0.25) is 0 Å².